The minimum Gasteiger partial charge on any atom is -0.398 e. The van der Waals surface area contributed by atoms with Gasteiger partial charge in [-0.05, 0) is 67.0 Å². The van der Waals surface area contributed by atoms with Gasteiger partial charge in [-0.1, -0.05) is 57.2 Å². The molecule has 1 saturated heterocycles. The summed E-state index contributed by atoms with van der Waals surface area (Å²) in [5.41, 5.74) is 13.3. The van der Waals surface area contributed by atoms with Gasteiger partial charge >= 0.3 is 0 Å². The lowest BCUT2D eigenvalue weighted by molar-refractivity contribution is -0.0649. The van der Waals surface area contributed by atoms with Crippen LogP contribution in [0.2, 0.25) is 0 Å². The Morgan fingerprint density at radius 3 is 2.59 bits per heavy atom. The molecule has 1 heterocycles. The monoisotopic (exact) mass is 392 g/mol. The summed E-state index contributed by atoms with van der Waals surface area (Å²) in [7, 11) is 0. The quantitative estimate of drug-likeness (QED) is 0.720. The van der Waals surface area contributed by atoms with E-state index >= 15 is 0 Å². The Hall–Kier alpha value is -1.84. The fraction of sp³-hybridized carbons (Fsp3) is 0.538. The van der Waals surface area contributed by atoms with E-state index in [1.54, 1.807) is 0 Å². The lowest BCUT2D eigenvalue weighted by Gasteiger charge is -2.61. The van der Waals surface area contributed by atoms with E-state index in [4.69, 9.17) is 10.5 Å². The molecule has 2 aromatic rings. The SMILES string of the molecule is Cc1ccc(N)c2c1C1(C)CCN(CC(C)OCc3ccccc3)C(C2)C1(C)C. The van der Waals surface area contributed by atoms with E-state index in [0.717, 1.165) is 25.2 Å². The highest BCUT2D eigenvalue weighted by molar-refractivity contribution is 5.59. The van der Waals surface area contributed by atoms with Crippen LogP contribution in [0.5, 0.6) is 0 Å². The number of piperidine rings is 1. The van der Waals surface area contributed by atoms with Crippen LogP contribution >= 0.6 is 0 Å². The molecule has 0 radical (unpaired) electrons. The summed E-state index contributed by atoms with van der Waals surface area (Å²) < 4.78 is 6.21. The van der Waals surface area contributed by atoms with Crippen LogP contribution in [-0.2, 0) is 23.2 Å². The zero-order chi connectivity index (χ0) is 20.8. The van der Waals surface area contributed by atoms with Crippen molar-refractivity contribution in [1.82, 2.24) is 4.90 Å². The van der Waals surface area contributed by atoms with Crippen molar-refractivity contribution < 1.29 is 4.74 Å². The van der Waals surface area contributed by atoms with Crippen molar-refractivity contribution in [1.29, 1.82) is 0 Å². The number of nitrogens with two attached hydrogens (primary N) is 1. The lowest BCUT2D eigenvalue weighted by Crippen LogP contribution is -2.64. The molecule has 3 heteroatoms. The van der Waals surface area contributed by atoms with E-state index in [-0.39, 0.29) is 16.9 Å². The number of fused-ring (bicyclic) bond motifs is 4. The normalized spacial score (nSPS) is 26.7. The number of anilines is 1. The summed E-state index contributed by atoms with van der Waals surface area (Å²) in [5.74, 6) is 0. The average Bonchev–Trinajstić information content (AvgIpc) is 2.68. The van der Waals surface area contributed by atoms with Crippen molar-refractivity contribution in [3.8, 4) is 0 Å². The second-order valence-corrected chi connectivity index (χ2v) is 9.95. The zero-order valence-corrected chi connectivity index (χ0v) is 18.7. The maximum absolute atomic E-state index is 6.48. The highest BCUT2D eigenvalue weighted by Crippen LogP contribution is 2.57. The van der Waals surface area contributed by atoms with Gasteiger partial charge in [0.1, 0.15) is 0 Å². The first-order valence-corrected chi connectivity index (χ1v) is 11.0. The molecule has 2 N–H and O–H groups in total. The molecule has 3 nitrogen and oxygen atoms in total. The Labute approximate surface area is 176 Å². The summed E-state index contributed by atoms with van der Waals surface area (Å²) in [6.45, 7) is 14.6. The molecule has 1 aliphatic heterocycles. The minimum absolute atomic E-state index is 0.162. The summed E-state index contributed by atoms with van der Waals surface area (Å²) in [5, 5.41) is 0. The molecule has 0 aromatic heterocycles. The minimum atomic E-state index is 0.162. The van der Waals surface area contributed by atoms with Gasteiger partial charge in [-0.25, -0.2) is 0 Å². The van der Waals surface area contributed by atoms with Crippen LogP contribution in [0.3, 0.4) is 0 Å². The third kappa shape index (κ3) is 3.39. The summed E-state index contributed by atoms with van der Waals surface area (Å²) in [6.07, 6.45) is 2.40. The van der Waals surface area contributed by atoms with Crippen LogP contribution in [0.4, 0.5) is 5.69 Å². The molecule has 3 atom stereocenters. The molecule has 2 bridgehead atoms. The van der Waals surface area contributed by atoms with Crippen molar-refractivity contribution in [2.45, 2.75) is 71.6 Å². The van der Waals surface area contributed by atoms with Gasteiger partial charge in [0, 0.05) is 23.7 Å². The third-order valence-corrected chi connectivity index (χ3v) is 7.97. The molecule has 4 rings (SSSR count). The number of nitrogens with zero attached hydrogens (tertiary/aromatic N) is 1. The van der Waals surface area contributed by atoms with E-state index in [2.05, 4.69) is 75.9 Å². The lowest BCUT2D eigenvalue weighted by atomic mass is 9.50. The number of hydrogen-bond acceptors (Lipinski definition) is 3. The predicted octanol–water partition coefficient (Wildman–Crippen LogP) is 5.10. The van der Waals surface area contributed by atoms with Crippen molar-refractivity contribution in [3.63, 3.8) is 0 Å². The van der Waals surface area contributed by atoms with Crippen molar-refractivity contribution in [2.75, 3.05) is 18.8 Å². The molecule has 0 amide bonds. The molecular weight excluding hydrogens is 356 g/mol. The highest BCUT2D eigenvalue weighted by Gasteiger charge is 2.56. The van der Waals surface area contributed by atoms with E-state index in [1.165, 1.54) is 28.7 Å². The molecule has 2 aromatic carbocycles. The van der Waals surface area contributed by atoms with Crippen molar-refractivity contribution in [3.05, 3.63) is 64.7 Å². The van der Waals surface area contributed by atoms with Crippen molar-refractivity contribution in [2.24, 2.45) is 5.41 Å². The van der Waals surface area contributed by atoms with E-state index in [0.29, 0.717) is 12.6 Å². The molecule has 2 aliphatic rings. The van der Waals surface area contributed by atoms with Gasteiger partial charge in [-0.15, -0.1) is 0 Å². The topological polar surface area (TPSA) is 38.5 Å². The fourth-order valence-electron chi connectivity index (χ4n) is 5.88. The van der Waals surface area contributed by atoms with E-state index < -0.39 is 0 Å². The van der Waals surface area contributed by atoms with Gasteiger partial charge in [0.25, 0.3) is 0 Å². The molecular formula is C26H36N2O. The van der Waals surface area contributed by atoms with E-state index in [1.807, 2.05) is 6.07 Å². The largest absolute Gasteiger partial charge is 0.398 e. The van der Waals surface area contributed by atoms with Crippen LogP contribution in [0.15, 0.2) is 42.5 Å². The third-order valence-electron chi connectivity index (χ3n) is 7.97. The molecule has 0 saturated carbocycles. The van der Waals surface area contributed by atoms with E-state index in [9.17, 15) is 0 Å². The Morgan fingerprint density at radius 2 is 1.86 bits per heavy atom. The van der Waals surface area contributed by atoms with Crippen LogP contribution < -0.4 is 5.73 Å². The van der Waals surface area contributed by atoms with Gasteiger partial charge < -0.3 is 10.5 Å². The fourth-order valence-corrected chi connectivity index (χ4v) is 5.88. The Bertz CT molecular complexity index is 876. The van der Waals surface area contributed by atoms with Crippen molar-refractivity contribution >= 4 is 5.69 Å². The number of hydrogen-bond donors (Lipinski definition) is 1. The van der Waals surface area contributed by atoms with Gasteiger partial charge in [0.05, 0.1) is 12.7 Å². The number of rotatable bonds is 5. The van der Waals surface area contributed by atoms with Gasteiger partial charge in [0.2, 0.25) is 0 Å². The van der Waals surface area contributed by atoms with Crippen LogP contribution in [0.1, 0.15) is 56.4 Å². The Kier molecular flexibility index (Phi) is 5.25. The Morgan fingerprint density at radius 1 is 1.14 bits per heavy atom. The summed E-state index contributed by atoms with van der Waals surface area (Å²) in [6, 6.07) is 15.3. The number of ether oxygens (including phenoxy) is 1. The van der Waals surface area contributed by atoms with Crippen LogP contribution in [0.25, 0.3) is 0 Å². The average molecular weight is 393 g/mol. The maximum atomic E-state index is 6.48. The standard InChI is InChI=1S/C26H36N2O/c1-18-11-12-22(27)21-15-23-25(3,4)26(5,24(18)21)13-14-28(23)16-19(2)29-17-20-9-7-6-8-10-20/h6-12,19,23H,13-17,27H2,1-5H3. The van der Waals surface area contributed by atoms with Gasteiger partial charge in [-0.2, -0.15) is 0 Å². The second kappa shape index (κ2) is 7.45. The van der Waals surface area contributed by atoms with Crippen LogP contribution in [-0.4, -0.2) is 30.1 Å². The molecule has 29 heavy (non-hydrogen) atoms. The Balaban J connectivity index is 1.54. The summed E-state index contributed by atoms with van der Waals surface area (Å²) in [4.78, 5) is 2.67. The second-order valence-electron chi connectivity index (χ2n) is 9.95. The first-order valence-electron chi connectivity index (χ1n) is 11.0. The zero-order valence-electron chi connectivity index (χ0n) is 18.7. The predicted molar refractivity (Wildman–Crippen MR) is 121 cm³/mol. The smallest absolute Gasteiger partial charge is 0.0721 e. The maximum Gasteiger partial charge on any atom is 0.0721 e. The molecule has 0 spiro atoms. The highest BCUT2D eigenvalue weighted by atomic mass is 16.5. The molecule has 156 valence electrons. The number of aryl methyl sites for hydroxylation is 1. The molecule has 1 fully saturated rings. The molecule has 1 aliphatic carbocycles. The number of benzene rings is 2. The summed E-state index contributed by atoms with van der Waals surface area (Å²) >= 11 is 0. The number of nitrogen functional groups attached to an aromatic ring is 1. The van der Waals surface area contributed by atoms with Crippen LogP contribution in [0, 0.1) is 12.3 Å². The first-order chi connectivity index (χ1) is 13.7. The number of likely N-dealkylation sites (tertiary alicyclic amines) is 1. The van der Waals surface area contributed by atoms with Gasteiger partial charge in [-0.3, -0.25) is 4.90 Å². The first kappa shape index (κ1) is 20.4. The molecule has 3 unspecified atom stereocenters. The van der Waals surface area contributed by atoms with Gasteiger partial charge in [0.15, 0.2) is 0 Å².